The van der Waals surface area contributed by atoms with Crippen LogP contribution in [0, 0.1) is 0 Å². The molecule has 2 saturated heterocycles. The van der Waals surface area contributed by atoms with Crippen molar-refractivity contribution >= 4 is 5.97 Å². The van der Waals surface area contributed by atoms with Crippen LogP contribution in [0.25, 0.3) is 0 Å². The molecule has 0 saturated carbocycles. The summed E-state index contributed by atoms with van der Waals surface area (Å²) in [5.41, 5.74) is 1.76. The van der Waals surface area contributed by atoms with Gasteiger partial charge in [-0.05, 0) is 23.3 Å². The topological polar surface area (TPSA) is 105 Å². The maximum Gasteiger partial charge on any atom is 0.309 e. The van der Waals surface area contributed by atoms with E-state index in [1.165, 1.54) is 0 Å². The van der Waals surface area contributed by atoms with Crippen LogP contribution in [-0.4, -0.2) is 52.0 Å². The summed E-state index contributed by atoms with van der Waals surface area (Å²) >= 11 is 0. The highest BCUT2D eigenvalue weighted by Gasteiger charge is 2.61. The molecule has 1 spiro atoms. The molecule has 5 atom stereocenters. The van der Waals surface area contributed by atoms with E-state index in [9.17, 15) is 20.1 Å². The lowest BCUT2D eigenvalue weighted by molar-refractivity contribution is -0.320. The van der Waals surface area contributed by atoms with Crippen molar-refractivity contribution in [3.63, 3.8) is 0 Å². The van der Waals surface area contributed by atoms with Gasteiger partial charge in [-0.3, -0.25) is 4.79 Å². The first-order valence-corrected chi connectivity index (χ1v) is 9.16. The fourth-order valence-corrected chi connectivity index (χ4v) is 3.73. The number of carbonyl (C=O) groups is 1. The second kappa shape index (κ2) is 7.52. The fourth-order valence-electron chi connectivity index (χ4n) is 3.73. The number of aliphatic hydroxyl groups is 3. The third-order valence-corrected chi connectivity index (χ3v) is 5.27. The van der Waals surface area contributed by atoms with Gasteiger partial charge < -0.3 is 29.5 Å². The molecule has 0 unspecified atom stereocenters. The molecule has 148 valence electrons. The average Bonchev–Trinajstić information content (AvgIpc) is 3.06. The number of aliphatic hydroxyl groups excluding tert-OH is 3. The van der Waals surface area contributed by atoms with Gasteiger partial charge in [0.25, 0.3) is 0 Å². The second-order valence-electron chi connectivity index (χ2n) is 7.11. The van der Waals surface area contributed by atoms with Gasteiger partial charge in [0.1, 0.15) is 30.7 Å². The first-order chi connectivity index (χ1) is 13.5. The van der Waals surface area contributed by atoms with Crippen molar-refractivity contribution < 1.29 is 34.3 Å². The molecular formula is C21H22O7. The highest BCUT2D eigenvalue weighted by Crippen LogP contribution is 2.47. The smallest absolute Gasteiger partial charge is 0.309 e. The summed E-state index contributed by atoms with van der Waals surface area (Å²) in [6.07, 6.45) is -4.25. The minimum absolute atomic E-state index is 0.00406. The Labute approximate surface area is 162 Å². The molecule has 2 aromatic rings. The summed E-state index contributed by atoms with van der Waals surface area (Å²) in [7, 11) is 0. The molecule has 0 aliphatic carbocycles. The van der Waals surface area contributed by atoms with Gasteiger partial charge in [-0.25, -0.2) is 0 Å². The van der Waals surface area contributed by atoms with Gasteiger partial charge in [-0.2, -0.15) is 0 Å². The number of hydrogen-bond acceptors (Lipinski definition) is 7. The summed E-state index contributed by atoms with van der Waals surface area (Å²) in [5, 5.41) is 30.2. The molecule has 2 aromatic carbocycles. The van der Waals surface area contributed by atoms with Crippen molar-refractivity contribution in [3.05, 3.63) is 65.7 Å². The third kappa shape index (κ3) is 3.38. The molecule has 0 aromatic heterocycles. The summed E-state index contributed by atoms with van der Waals surface area (Å²) in [6, 6.07) is 16.9. The number of rotatable bonds is 4. The normalized spacial score (nSPS) is 32.3. The first kappa shape index (κ1) is 18.9. The lowest BCUT2D eigenvalue weighted by atomic mass is 9.82. The number of hydrogen-bond donors (Lipinski definition) is 3. The van der Waals surface area contributed by atoms with Gasteiger partial charge in [-0.15, -0.1) is 0 Å². The van der Waals surface area contributed by atoms with E-state index in [0.717, 1.165) is 5.56 Å². The van der Waals surface area contributed by atoms with Crippen molar-refractivity contribution in [2.75, 3.05) is 6.61 Å². The van der Waals surface area contributed by atoms with E-state index in [1.807, 2.05) is 30.3 Å². The van der Waals surface area contributed by atoms with Crippen molar-refractivity contribution in [2.45, 2.75) is 43.0 Å². The van der Waals surface area contributed by atoms with Crippen LogP contribution < -0.4 is 4.74 Å². The lowest BCUT2D eigenvalue weighted by Crippen LogP contribution is -2.62. The minimum atomic E-state index is -1.71. The van der Waals surface area contributed by atoms with Gasteiger partial charge in [0, 0.05) is 0 Å². The van der Waals surface area contributed by atoms with Gasteiger partial charge >= 0.3 is 5.97 Å². The molecule has 4 rings (SSSR count). The maximum absolute atomic E-state index is 12.0. The molecule has 7 nitrogen and oxygen atoms in total. The molecule has 2 aliphatic heterocycles. The fraction of sp³-hybridized carbons (Fsp3) is 0.381. The molecule has 7 heteroatoms. The summed E-state index contributed by atoms with van der Waals surface area (Å²) in [4.78, 5) is 12.0. The van der Waals surface area contributed by atoms with Crippen LogP contribution in [0.3, 0.4) is 0 Å². The van der Waals surface area contributed by atoms with E-state index in [0.29, 0.717) is 17.9 Å². The maximum atomic E-state index is 12.0. The quantitative estimate of drug-likeness (QED) is 0.676. The Balaban J connectivity index is 1.52. The lowest BCUT2D eigenvalue weighted by Gasteiger charge is -2.44. The van der Waals surface area contributed by atoms with Crippen molar-refractivity contribution in [1.29, 1.82) is 0 Å². The molecule has 2 aliphatic rings. The van der Waals surface area contributed by atoms with Gasteiger partial charge in [0.05, 0.1) is 18.9 Å². The molecule has 3 N–H and O–H groups in total. The van der Waals surface area contributed by atoms with Gasteiger partial charge in [-0.1, -0.05) is 42.5 Å². The standard InChI is InChI=1S/C21H22O7/c22-17-12-27-21(20(25)19(17)24)16(10-18(23)28-21)14-6-8-15(9-7-14)26-11-13-4-2-1-3-5-13/h1-9,16-17,19-20,22,24-25H,10-12H2/t16-,17+,19-,20-,21+/m0/s1. The van der Waals surface area contributed by atoms with Crippen LogP contribution in [0.4, 0.5) is 0 Å². The zero-order valence-corrected chi connectivity index (χ0v) is 15.1. The van der Waals surface area contributed by atoms with Gasteiger partial charge in [0.15, 0.2) is 0 Å². The van der Waals surface area contributed by atoms with Crippen LogP contribution >= 0.6 is 0 Å². The van der Waals surface area contributed by atoms with E-state index in [2.05, 4.69) is 0 Å². The largest absolute Gasteiger partial charge is 0.489 e. The monoisotopic (exact) mass is 386 g/mol. The van der Waals surface area contributed by atoms with E-state index >= 15 is 0 Å². The summed E-state index contributed by atoms with van der Waals surface area (Å²) in [5.74, 6) is -2.19. The summed E-state index contributed by atoms with van der Waals surface area (Å²) in [6.45, 7) is 0.196. The Bertz CT molecular complexity index is 822. The molecular weight excluding hydrogens is 364 g/mol. The predicted molar refractivity (Wildman–Crippen MR) is 97.4 cm³/mol. The van der Waals surface area contributed by atoms with Crippen LogP contribution in [0.15, 0.2) is 54.6 Å². The molecule has 2 fully saturated rings. The molecule has 2 heterocycles. The van der Waals surface area contributed by atoms with Crippen molar-refractivity contribution in [3.8, 4) is 5.75 Å². The predicted octanol–water partition coefficient (Wildman–Crippen LogP) is 1.11. The van der Waals surface area contributed by atoms with E-state index in [-0.39, 0.29) is 13.0 Å². The Morgan fingerprint density at radius 3 is 2.46 bits per heavy atom. The Morgan fingerprint density at radius 1 is 1.04 bits per heavy atom. The number of benzene rings is 2. The Morgan fingerprint density at radius 2 is 1.75 bits per heavy atom. The van der Waals surface area contributed by atoms with Gasteiger partial charge in [0.2, 0.25) is 5.79 Å². The van der Waals surface area contributed by atoms with Crippen LogP contribution in [0.2, 0.25) is 0 Å². The molecule has 0 radical (unpaired) electrons. The average molecular weight is 386 g/mol. The van der Waals surface area contributed by atoms with Crippen molar-refractivity contribution in [2.24, 2.45) is 0 Å². The second-order valence-corrected chi connectivity index (χ2v) is 7.11. The number of esters is 1. The highest BCUT2D eigenvalue weighted by atomic mass is 16.7. The van der Waals surface area contributed by atoms with E-state index in [1.54, 1.807) is 24.3 Å². The zero-order chi connectivity index (χ0) is 19.7. The highest BCUT2D eigenvalue weighted by molar-refractivity contribution is 5.74. The van der Waals surface area contributed by atoms with Crippen LogP contribution in [0.5, 0.6) is 5.75 Å². The minimum Gasteiger partial charge on any atom is -0.489 e. The van der Waals surface area contributed by atoms with E-state index < -0.39 is 36.0 Å². The van der Waals surface area contributed by atoms with Crippen LogP contribution in [0.1, 0.15) is 23.5 Å². The SMILES string of the molecule is O=C1C[C@@H](c2ccc(OCc3ccccc3)cc2)[C@@]2(OC[C@@H](O)[C@H](O)[C@@H]2O)O1. The molecule has 28 heavy (non-hydrogen) atoms. The number of ether oxygens (including phenoxy) is 3. The number of carbonyl (C=O) groups excluding carboxylic acids is 1. The zero-order valence-electron chi connectivity index (χ0n) is 15.1. The first-order valence-electron chi connectivity index (χ1n) is 9.16. The van der Waals surface area contributed by atoms with E-state index in [4.69, 9.17) is 14.2 Å². The third-order valence-electron chi connectivity index (χ3n) is 5.27. The summed E-state index contributed by atoms with van der Waals surface area (Å²) < 4.78 is 16.6. The molecule has 0 bridgehead atoms. The molecule has 0 amide bonds. The Hall–Kier alpha value is -2.45. The van der Waals surface area contributed by atoms with Crippen LogP contribution in [-0.2, 0) is 20.9 Å². The van der Waals surface area contributed by atoms with Crippen molar-refractivity contribution in [1.82, 2.24) is 0 Å². The Kier molecular flexibility index (Phi) is 5.07.